The van der Waals surface area contributed by atoms with Crippen LogP contribution in [0.4, 0.5) is 0 Å². The molecule has 2 fully saturated rings. The Kier molecular flexibility index (Phi) is 21.2. The summed E-state index contributed by atoms with van der Waals surface area (Å²) in [5.74, 6) is -1.22. The third-order valence-corrected chi connectivity index (χ3v) is 14.9. The van der Waals surface area contributed by atoms with Crippen molar-refractivity contribution in [2.24, 2.45) is 11.8 Å². The van der Waals surface area contributed by atoms with E-state index in [0.29, 0.717) is 122 Å². The van der Waals surface area contributed by atoms with Gasteiger partial charge in [0.25, 0.3) is 0 Å². The maximum Gasteiger partial charge on any atom is 0.340 e. The first-order valence-electron chi connectivity index (χ1n) is 25.4. The fraction of sp³-hybridized carbons (Fsp3) is 0.421. The van der Waals surface area contributed by atoms with Crippen LogP contribution >= 0.6 is 22.7 Å². The monoisotopic (exact) mass is 1050 g/mol. The molecular formula is C57H63NO14S2. The highest BCUT2D eigenvalue weighted by molar-refractivity contribution is 7.25. The summed E-state index contributed by atoms with van der Waals surface area (Å²) >= 11 is 2.85. The highest BCUT2D eigenvalue weighted by Gasteiger charge is 2.33. The Bertz CT molecular complexity index is 2660. The largest absolute Gasteiger partial charge is 0.494 e. The Balaban J connectivity index is 0.835. The Morgan fingerprint density at radius 1 is 0.554 bits per heavy atom. The number of rotatable bonds is 27. The molecule has 15 nitrogen and oxygen atoms in total. The molecule has 2 aliphatic rings. The van der Waals surface area contributed by atoms with E-state index in [2.05, 4.69) is 13.2 Å². The molecule has 0 spiro atoms. The van der Waals surface area contributed by atoms with Gasteiger partial charge in [0.2, 0.25) is 0 Å². The summed E-state index contributed by atoms with van der Waals surface area (Å²) in [7, 11) is 0. The van der Waals surface area contributed by atoms with Crippen LogP contribution in [0.3, 0.4) is 0 Å². The van der Waals surface area contributed by atoms with Gasteiger partial charge in [0.1, 0.15) is 45.7 Å². The molecule has 7 rings (SSSR count). The quantitative estimate of drug-likeness (QED) is 0.0159. The Morgan fingerprint density at radius 2 is 1.05 bits per heavy atom. The normalized spacial score (nSPS) is 17.3. The van der Waals surface area contributed by atoms with E-state index in [4.69, 9.17) is 42.9 Å². The van der Waals surface area contributed by atoms with Crippen molar-refractivity contribution in [3.8, 4) is 32.9 Å². The van der Waals surface area contributed by atoms with Crippen LogP contribution in [0.25, 0.3) is 20.1 Å². The first-order valence-corrected chi connectivity index (χ1v) is 27.1. The van der Waals surface area contributed by atoms with Gasteiger partial charge in [-0.1, -0.05) is 19.2 Å². The van der Waals surface area contributed by atoms with Crippen LogP contribution < -0.4 is 18.9 Å². The smallest absolute Gasteiger partial charge is 0.340 e. The van der Waals surface area contributed by atoms with Crippen LogP contribution in [0.1, 0.15) is 123 Å². The van der Waals surface area contributed by atoms with Crippen molar-refractivity contribution >= 4 is 68.7 Å². The molecule has 0 aliphatic heterocycles. The van der Waals surface area contributed by atoms with Gasteiger partial charge in [0.15, 0.2) is 0 Å². The number of aromatic nitrogens is 1. The van der Waals surface area contributed by atoms with Gasteiger partial charge in [-0.2, -0.15) is 0 Å². The predicted molar refractivity (Wildman–Crippen MR) is 280 cm³/mol. The lowest BCUT2D eigenvalue weighted by Gasteiger charge is -2.27. The highest BCUT2D eigenvalue weighted by atomic mass is 32.1. The zero-order valence-electron chi connectivity index (χ0n) is 41.5. The fourth-order valence-electron chi connectivity index (χ4n) is 8.64. The molecule has 5 aromatic rings. The summed E-state index contributed by atoms with van der Waals surface area (Å²) < 4.78 is 45.8. The minimum Gasteiger partial charge on any atom is -0.494 e. The molecule has 2 aromatic heterocycles. The lowest BCUT2D eigenvalue weighted by Crippen LogP contribution is -2.30. The molecule has 2 saturated carbocycles. The van der Waals surface area contributed by atoms with Crippen LogP contribution in [0.2, 0.25) is 0 Å². The molecule has 2 heterocycles. The third kappa shape index (κ3) is 16.6. The van der Waals surface area contributed by atoms with Gasteiger partial charge < -0.3 is 37.9 Å². The van der Waals surface area contributed by atoms with Crippen molar-refractivity contribution in [2.45, 2.75) is 115 Å². The van der Waals surface area contributed by atoms with Gasteiger partial charge >= 0.3 is 35.8 Å². The standard InChI is InChI=1S/C57H63NO14S2/c1-3-49(59)67-35-11-7-5-9-33-65-41-21-15-38(16-22-41)54(61)69-43-23-19-40(20-24-43)56(63)72-47-32-31-46(51-52(47)74-53(58-51)48-14-13-37-73-48)57(64)71-44-25-17-39(18-26-44)55(62)70-45-29-27-42(28-30-45)66-34-10-6-8-12-36-68-50(60)4-2/h3-4,13-16,21-22,27-32,37,39-40,43-44H,1-2,5-12,17-20,23-26,33-36H2/t39-,40-,43-,44-. The average molecular weight is 1050 g/mol. The Morgan fingerprint density at radius 3 is 1.58 bits per heavy atom. The molecular weight excluding hydrogens is 987 g/mol. The number of ether oxygens (including phenoxy) is 8. The summed E-state index contributed by atoms with van der Waals surface area (Å²) in [4.78, 5) is 81.7. The summed E-state index contributed by atoms with van der Waals surface area (Å²) in [5, 5.41) is 2.62. The number of nitrogens with zero attached hydrogens (tertiary/aromatic N) is 1. The lowest BCUT2D eigenvalue weighted by molar-refractivity contribution is -0.141. The zero-order chi connectivity index (χ0) is 52.1. The molecule has 3 aromatic carbocycles. The lowest BCUT2D eigenvalue weighted by atomic mass is 9.87. The van der Waals surface area contributed by atoms with E-state index in [1.807, 2.05) is 17.5 Å². The maximum atomic E-state index is 13.8. The summed E-state index contributed by atoms with van der Waals surface area (Å²) in [5.41, 5.74) is 1.06. The Hall–Kier alpha value is -6.85. The van der Waals surface area contributed by atoms with Crippen LogP contribution in [0.5, 0.6) is 23.0 Å². The molecule has 74 heavy (non-hydrogen) atoms. The molecule has 0 atom stereocenters. The summed E-state index contributed by atoms with van der Waals surface area (Å²) in [6, 6.07) is 20.9. The Labute approximate surface area is 439 Å². The molecule has 0 unspecified atom stereocenters. The van der Waals surface area contributed by atoms with Gasteiger partial charge in [-0.15, -0.1) is 22.7 Å². The number of thiazole rings is 1. The number of hydrogen-bond acceptors (Lipinski definition) is 17. The second kappa shape index (κ2) is 28.6. The van der Waals surface area contributed by atoms with Crippen LogP contribution in [0.15, 0.2) is 103 Å². The number of unbranched alkanes of at least 4 members (excludes halogenated alkanes) is 6. The number of thiophene rings is 1. The van der Waals surface area contributed by atoms with Crippen molar-refractivity contribution in [1.82, 2.24) is 4.98 Å². The van der Waals surface area contributed by atoms with Crippen molar-refractivity contribution < 1.29 is 66.7 Å². The molecule has 0 radical (unpaired) electrons. The predicted octanol–water partition coefficient (Wildman–Crippen LogP) is 12.0. The van der Waals surface area contributed by atoms with Crippen LogP contribution in [-0.2, 0) is 38.1 Å². The summed E-state index contributed by atoms with van der Waals surface area (Å²) in [6.45, 7) is 8.58. The van der Waals surface area contributed by atoms with Crippen molar-refractivity contribution in [2.75, 3.05) is 26.4 Å². The number of carbonyl (C=O) groups is 6. The summed E-state index contributed by atoms with van der Waals surface area (Å²) in [6.07, 6.45) is 12.5. The first-order chi connectivity index (χ1) is 36.1. The number of carbonyl (C=O) groups excluding carboxylic acids is 6. The molecule has 0 saturated heterocycles. The first kappa shape index (κ1) is 54.9. The van der Waals surface area contributed by atoms with Crippen LogP contribution in [-0.4, -0.2) is 79.4 Å². The molecule has 0 amide bonds. The third-order valence-electron chi connectivity index (χ3n) is 12.8. The van der Waals surface area contributed by atoms with E-state index in [1.165, 1.54) is 22.7 Å². The minimum absolute atomic E-state index is 0.259. The van der Waals surface area contributed by atoms with Gasteiger partial charge in [-0.25, -0.2) is 24.2 Å². The van der Waals surface area contributed by atoms with E-state index in [0.717, 1.165) is 68.4 Å². The molecule has 392 valence electrons. The second-order valence-electron chi connectivity index (χ2n) is 18.1. The zero-order valence-corrected chi connectivity index (χ0v) is 43.1. The van der Waals surface area contributed by atoms with E-state index in [-0.39, 0.29) is 23.6 Å². The number of fused-ring (bicyclic) bond motifs is 1. The molecule has 0 bridgehead atoms. The van der Waals surface area contributed by atoms with E-state index < -0.39 is 41.9 Å². The topological polar surface area (TPSA) is 189 Å². The van der Waals surface area contributed by atoms with Gasteiger partial charge in [0, 0.05) is 12.2 Å². The van der Waals surface area contributed by atoms with Crippen LogP contribution in [0, 0.1) is 11.8 Å². The highest BCUT2D eigenvalue weighted by Crippen LogP contribution is 2.41. The van der Waals surface area contributed by atoms with E-state index >= 15 is 0 Å². The number of hydrogen-bond donors (Lipinski definition) is 0. The SMILES string of the molecule is C=CC(=O)OCCCCCCOc1ccc(OC(=O)[C@H]2CC[C@H](OC(=O)c3ccc(OC(=O)[C@H]4CC[C@H](OC(=O)c5ccc(OCCCCCCOC(=O)C=C)cc5)CC4)c4sc(-c5cccs5)nc34)CC2)cc1. The van der Waals surface area contributed by atoms with E-state index in [1.54, 1.807) is 60.7 Å². The van der Waals surface area contributed by atoms with Crippen molar-refractivity contribution in [1.29, 1.82) is 0 Å². The minimum atomic E-state index is -0.543. The van der Waals surface area contributed by atoms with Gasteiger partial charge in [0.05, 0.1) is 59.0 Å². The van der Waals surface area contributed by atoms with Gasteiger partial charge in [-0.3, -0.25) is 9.59 Å². The van der Waals surface area contributed by atoms with Gasteiger partial charge in [-0.05, 0) is 175 Å². The second-order valence-corrected chi connectivity index (χ2v) is 20.1. The van der Waals surface area contributed by atoms with Crippen molar-refractivity contribution in [3.63, 3.8) is 0 Å². The molecule has 17 heteroatoms. The number of esters is 6. The number of benzene rings is 3. The molecule has 2 aliphatic carbocycles. The van der Waals surface area contributed by atoms with E-state index in [9.17, 15) is 28.8 Å². The average Bonchev–Trinajstić information content (AvgIpc) is 4.13. The molecule has 0 N–H and O–H groups in total. The maximum absolute atomic E-state index is 13.8. The van der Waals surface area contributed by atoms with Crippen molar-refractivity contribution in [3.05, 3.63) is 115 Å². The fourth-order valence-corrected chi connectivity index (χ4v) is 10.5.